The molecule has 0 aromatic rings. The van der Waals surface area contributed by atoms with Crippen LogP contribution in [0.25, 0.3) is 0 Å². The monoisotopic (exact) mass is 303 g/mol. The van der Waals surface area contributed by atoms with E-state index in [9.17, 15) is 4.79 Å². The van der Waals surface area contributed by atoms with Crippen LogP contribution in [0.4, 0.5) is 0 Å². The van der Waals surface area contributed by atoms with Crippen LogP contribution in [0.1, 0.15) is 71.1 Å². The van der Waals surface area contributed by atoms with Gasteiger partial charge in [0.15, 0.2) is 0 Å². The van der Waals surface area contributed by atoms with E-state index in [-0.39, 0.29) is 11.4 Å². The van der Waals surface area contributed by atoms with Crippen LogP contribution >= 0.6 is 15.9 Å². The molecule has 1 aliphatic carbocycles. The molecule has 0 aliphatic heterocycles. The molecule has 0 heterocycles. The maximum Gasteiger partial charge on any atom is 0.220 e. The number of hydrogen-bond acceptors (Lipinski definition) is 1. The van der Waals surface area contributed by atoms with Crippen LogP contribution in [-0.2, 0) is 4.79 Å². The fraction of sp³-hybridized carbons (Fsp3) is 0.929. The first kappa shape index (κ1) is 15.0. The smallest absolute Gasteiger partial charge is 0.220 e. The molecular weight excluding hydrogens is 278 g/mol. The van der Waals surface area contributed by atoms with Crippen molar-refractivity contribution in [3.05, 3.63) is 0 Å². The molecule has 1 saturated carbocycles. The highest BCUT2D eigenvalue weighted by Gasteiger charge is 2.33. The average Bonchev–Trinajstić information content (AvgIpc) is 2.78. The van der Waals surface area contributed by atoms with Crippen molar-refractivity contribution in [2.45, 2.75) is 76.7 Å². The number of amides is 1. The Morgan fingerprint density at radius 3 is 2.41 bits per heavy atom. The minimum atomic E-state index is 0.0699. The van der Waals surface area contributed by atoms with Crippen LogP contribution in [0.5, 0.6) is 0 Å². The number of rotatable bonds is 8. The van der Waals surface area contributed by atoms with Gasteiger partial charge in [-0.1, -0.05) is 61.4 Å². The van der Waals surface area contributed by atoms with Crippen molar-refractivity contribution < 1.29 is 4.79 Å². The van der Waals surface area contributed by atoms with Gasteiger partial charge in [0.05, 0.1) is 0 Å². The van der Waals surface area contributed by atoms with E-state index in [0.717, 1.165) is 24.6 Å². The van der Waals surface area contributed by atoms with Crippen molar-refractivity contribution in [1.29, 1.82) is 0 Å². The highest BCUT2D eigenvalue weighted by atomic mass is 79.9. The van der Waals surface area contributed by atoms with Crippen molar-refractivity contribution >= 4 is 21.8 Å². The van der Waals surface area contributed by atoms with Crippen molar-refractivity contribution in [2.75, 3.05) is 5.33 Å². The second-order valence-electron chi connectivity index (χ2n) is 5.33. The maximum absolute atomic E-state index is 11.9. The number of unbranched alkanes of at least 4 members (excludes halogenated alkanes) is 4. The van der Waals surface area contributed by atoms with E-state index in [0.29, 0.717) is 6.42 Å². The normalized spacial score (nSPS) is 18.2. The first-order valence-electron chi connectivity index (χ1n) is 7.09. The molecule has 1 N–H and O–H groups in total. The Kier molecular flexibility index (Phi) is 7.17. The van der Waals surface area contributed by atoms with Gasteiger partial charge in [-0.3, -0.25) is 4.79 Å². The van der Waals surface area contributed by atoms with E-state index in [2.05, 4.69) is 28.2 Å². The summed E-state index contributed by atoms with van der Waals surface area (Å²) in [5, 5.41) is 4.15. The Hall–Kier alpha value is -0.0500. The van der Waals surface area contributed by atoms with Crippen molar-refractivity contribution in [3.8, 4) is 0 Å². The van der Waals surface area contributed by atoms with E-state index in [1.807, 2.05) is 0 Å². The molecule has 2 nitrogen and oxygen atoms in total. The number of carbonyl (C=O) groups is 1. The van der Waals surface area contributed by atoms with Crippen LogP contribution in [0.15, 0.2) is 0 Å². The lowest BCUT2D eigenvalue weighted by atomic mass is 10.00. The molecule has 17 heavy (non-hydrogen) atoms. The summed E-state index contributed by atoms with van der Waals surface area (Å²) >= 11 is 3.55. The molecule has 0 spiro atoms. The van der Waals surface area contributed by atoms with Gasteiger partial charge in [-0.05, 0) is 19.3 Å². The molecule has 0 unspecified atom stereocenters. The quantitative estimate of drug-likeness (QED) is 0.529. The minimum absolute atomic E-state index is 0.0699. The number of alkyl halides is 1. The van der Waals surface area contributed by atoms with E-state index < -0.39 is 0 Å². The largest absolute Gasteiger partial charge is 0.350 e. The Morgan fingerprint density at radius 2 is 1.82 bits per heavy atom. The van der Waals surface area contributed by atoms with Crippen LogP contribution in [0.2, 0.25) is 0 Å². The summed E-state index contributed by atoms with van der Waals surface area (Å²) in [6.07, 6.45) is 11.6. The number of nitrogens with one attached hydrogen (secondary N) is 1. The SMILES string of the molecule is CCCCCCCC(=O)NC1(CBr)CCCC1. The van der Waals surface area contributed by atoms with Crippen LogP contribution in [0.3, 0.4) is 0 Å². The molecule has 1 amide bonds. The van der Waals surface area contributed by atoms with Crippen LogP contribution < -0.4 is 5.32 Å². The summed E-state index contributed by atoms with van der Waals surface area (Å²) in [5.74, 6) is 0.253. The van der Waals surface area contributed by atoms with E-state index in [1.165, 1.54) is 38.5 Å². The zero-order chi connectivity index (χ0) is 12.6. The number of hydrogen-bond donors (Lipinski definition) is 1. The van der Waals surface area contributed by atoms with Gasteiger partial charge >= 0.3 is 0 Å². The van der Waals surface area contributed by atoms with Gasteiger partial charge in [0.1, 0.15) is 0 Å². The Balaban J connectivity index is 2.15. The molecular formula is C14H26BrNO. The topological polar surface area (TPSA) is 29.1 Å². The third-order valence-electron chi connectivity index (χ3n) is 3.73. The fourth-order valence-electron chi connectivity index (χ4n) is 2.59. The molecule has 100 valence electrons. The zero-order valence-electron chi connectivity index (χ0n) is 11.1. The molecule has 0 saturated heterocycles. The summed E-state index contributed by atoms with van der Waals surface area (Å²) < 4.78 is 0. The Labute approximate surface area is 114 Å². The summed E-state index contributed by atoms with van der Waals surface area (Å²) in [5.41, 5.74) is 0.0699. The second-order valence-corrected chi connectivity index (χ2v) is 5.89. The molecule has 1 fully saturated rings. The summed E-state index contributed by atoms with van der Waals surface area (Å²) in [6, 6.07) is 0. The van der Waals surface area contributed by atoms with Gasteiger partial charge in [-0.15, -0.1) is 0 Å². The van der Waals surface area contributed by atoms with Gasteiger partial charge in [0, 0.05) is 17.3 Å². The molecule has 0 aromatic heterocycles. The number of carbonyl (C=O) groups excluding carboxylic acids is 1. The van der Waals surface area contributed by atoms with Gasteiger partial charge in [0.25, 0.3) is 0 Å². The zero-order valence-corrected chi connectivity index (χ0v) is 12.7. The summed E-state index contributed by atoms with van der Waals surface area (Å²) in [6.45, 7) is 2.21. The van der Waals surface area contributed by atoms with Crippen molar-refractivity contribution in [2.24, 2.45) is 0 Å². The van der Waals surface area contributed by atoms with E-state index >= 15 is 0 Å². The second kappa shape index (κ2) is 8.12. The highest BCUT2D eigenvalue weighted by molar-refractivity contribution is 9.09. The Morgan fingerprint density at radius 1 is 1.18 bits per heavy atom. The predicted molar refractivity (Wildman–Crippen MR) is 76.5 cm³/mol. The molecule has 1 aliphatic rings. The molecule has 0 atom stereocenters. The predicted octanol–water partition coefficient (Wildman–Crippen LogP) is 4.17. The van der Waals surface area contributed by atoms with Crippen molar-refractivity contribution in [1.82, 2.24) is 5.32 Å². The van der Waals surface area contributed by atoms with Crippen molar-refractivity contribution in [3.63, 3.8) is 0 Å². The maximum atomic E-state index is 11.9. The molecule has 1 rings (SSSR count). The minimum Gasteiger partial charge on any atom is -0.350 e. The Bertz CT molecular complexity index is 224. The van der Waals surface area contributed by atoms with Gasteiger partial charge < -0.3 is 5.32 Å². The molecule has 3 heteroatoms. The molecule has 0 bridgehead atoms. The molecule has 0 radical (unpaired) electrons. The third kappa shape index (κ3) is 5.41. The molecule has 0 aromatic carbocycles. The van der Waals surface area contributed by atoms with Crippen LogP contribution in [-0.4, -0.2) is 16.8 Å². The van der Waals surface area contributed by atoms with Crippen LogP contribution in [0, 0.1) is 0 Å². The lowest BCUT2D eigenvalue weighted by Crippen LogP contribution is -2.47. The third-order valence-corrected chi connectivity index (χ3v) is 4.80. The first-order chi connectivity index (χ1) is 8.22. The van der Waals surface area contributed by atoms with Gasteiger partial charge in [-0.2, -0.15) is 0 Å². The lowest BCUT2D eigenvalue weighted by molar-refractivity contribution is -0.122. The van der Waals surface area contributed by atoms with Gasteiger partial charge in [0.2, 0.25) is 5.91 Å². The standard InChI is InChI=1S/C14H26BrNO/c1-2-3-4-5-6-9-13(17)16-14(12-15)10-7-8-11-14/h2-12H2,1H3,(H,16,17). The summed E-state index contributed by atoms with van der Waals surface area (Å²) in [7, 11) is 0. The first-order valence-corrected chi connectivity index (χ1v) is 8.21. The lowest BCUT2D eigenvalue weighted by Gasteiger charge is -2.28. The number of halogens is 1. The van der Waals surface area contributed by atoms with Gasteiger partial charge in [-0.25, -0.2) is 0 Å². The average molecular weight is 304 g/mol. The highest BCUT2D eigenvalue weighted by Crippen LogP contribution is 2.31. The van der Waals surface area contributed by atoms with E-state index in [4.69, 9.17) is 0 Å². The fourth-order valence-corrected chi connectivity index (χ4v) is 3.29. The van der Waals surface area contributed by atoms with E-state index in [1.54, 1.807) is 0 Å². The summed E-state index contributed by atoms with van der Waals surface area (Å²) in [4.78, 5) is 11.9.